The Bertz CT molecular complexity index is 564. The predicted molar refractivity (Wildman–Crippen MR) is 85.2 cm³/mol. The molecule has 110 valence electrons. The molecule has 21 heavy (non-hydrogen) atoms. The van der Waals surface area contributed by atoms with Gasteiger partial charge in [0, 0.05) is 18.4 Å². The van der Waals surface area contributed by atoms with Gasteiger partial charge in [-0.2, -0.15) is 0 Å². The van der Waals surface area contributed by atoms with Crippen LogP contribution < -0.4 is 5.32 Å². The Labute approximate surface area is 126 Å². The van der Waals surface area contributed by atoms with Crippen LogP contribution in [0.2, 0.25) is 0 Å². The molecule has 0 aliphatic rings. The minimum atomic E-state index is -0.0673. The normalized spacial score (nSPS) is 11.9. The van der Waals surface area contributed by atoms with Crippen molar-refractivity contribution in [1.82, 2.24) is 10.3 Å². The smallest absolute Gasteiger partial charge is 0.227 e. The molecule has 0 bridgehead atoms. The summed E-state index contributed by atoms with van der Waals surface area (Å²) in [6, 6.07) is 14.0. The summed E-state index contributed by atoms with van der Waals surface area (Å²) in [5.41, 5.74) is 3.24. The van der Waals surface area contributed by atoms with Crippen LogP contribution in [0, 0.1) is 6.92 Å². The number of nitrogens with zero attached hydrogens (tertiary/aromatic N) is 1. The summed E-state index contributed by atoms with van der Waals surface area (Å²) in [5, 5.41) is 3.03. The van der Waals surface area contributed by atoms with Gasteiger partial charge in [-0.25, -0.2) is 0 Å². The van der Waals surface area contributed by atoms with Crippen molar-refractivity contribution in [2.75, 3.05) is 6.54 Å². The van der Waals surface area contributed by atoms with Crippen molar-refractivity contribution in [3.63, 3.8) is 0 Å². The highest BCUT2D eigenvalue weighted by Gasteiger charge is 2.17. The van der Waals surface area contributed by atoms with E-state index in [1.165, 1.54) is 0 Å². The number of amides is 1. The fourth-order valence-corrected chi connectivity index (χ4v) is 2.36. The molecule has 0 unspecified atom stereocenters. The van der Waals surface area contributed by atoms with Crippen molar-refractivity contribution in [3.05, 3.63) is 65.5 Å². The summed E-state index contributed by atoms with van der Waals surface area (Å²) in [6.07, 6.45) is 3.49. The second-order valence-electron chi connectivity index (χ2n) is 5.22. The van der Waals surface area contributed by atoms with Crippen LogP contribution in [0.25, 0.3) is 0 Å². The minimum Gasteiger partial charge on any atom is -0.355 e. The van der Waals surface area contributed by atoms with Crippen LogP contribution >= 0.6 is 0 Å². The lowest BCUT2D eigenvalue weighted by molar-refractivity contribution is -0.122. The Kier molecular flexibility index (Phi) is 5.50. The van der Waals surface area contributed by atoms with E-state index in [1.807, 2.05) is 56.4 Å². The highest BCUT2D eigenvalue weighted by Crippen LogP contribution is 2.19. The SMILES string of the molecule is CC[C@@H](C(=O)NCCc1ccc(C)nc1)c1ccccc1. The standard InChI is InChI=1S/C18H22N2O/c1-3-17(16-7-5-4-6-8-16)18(21)19-12-11-15-10-9-14(2)20-13-15/h4-10,13,17H,3,11-12H2,1-2H3,(H,19,21)/t17-/m1/s1. The van der Waals surface area contributed by atoms with Crippen LogP contribution in [0.15, 0.2) is 48.7 Å². The number of nitrogens with one attached hydrogen (secondary N) is 1. The number of hydrogen-bond donors (Lipinski definition) is 1. The average Bonchev–Trinajstić information content (AvgIpc) is 2.51. The topological polar surface area (TPSA) is 42.0 Å². The lowest BCUT2D eigenvalue weighted by atomic mass is 9.95. The Hall–Kier alpha value is -2.16. The lowest BCUT2D eigenvalue weighted by Gasteiger charge is -2.15. The molecule has 0 radical (unpaired) electrons. The van der Waals surface area contributed by atoms with Gasteiger partial charge in [0.2, 0.25) is 5.91 Å². The average molecular weight is 282 g/mol. The number of benzene rings is 1. The van der Waals surface area contributed by atoms with E-state index >= 15 is 0 Å². The number of carbonyl (C=O) groups excluding carboxylic acids is 1. The van der Waals surface area contributed by atoms with Gasteiger partial charge in [0.1, 0.15) is 0 Å². The maximum Gasteiger partial charge on any atom is 0.227 e. The Morgan fingerprint density at radius 1 is 1.19 bits per heavy atom. The summed E-state index contributed by atoms with van der Waals surface area (Å²) in [6.45, 7) is 4.66. The summed E-state index contributed by atoms with van der Waals surface area (Å²) >= 11 is 0. The number of carbonyl (C=O) groups is 1. The molecule has 1 aromatic heterocycles. The zero-order chi connectivity index (χ0) is 15.1. The van der Waals surface area contributed by atoms with E-state index in [4.69, 9.17) is 0 Å². The molecule has 0 aliphatic heterocycles. The number of aryl methyl sites for hydroxylation is 1. The van der Waals surface area contributed by atoms with Crippen molar-refractivity contribution in [2.45, 2.75) is 32.6 Å². The van der Waals surface area contributed by atoms with Crippen molar-refractivity contribution < 1.29 is 4.79 Å². The van der Waals surface area contributed by atoms with Gasteiger partial charge >= 0.3 is 0 Å². The molecule has 0 spiro atoms. The van der Waals surface area contributed by atoms with Crippen molar-refractivity contribution in [3.8, 4) is 0 Å². The van der Waals surface area contributed by atoms with Gasteiger partial charge in [0.05, 0.1) is 5.92 Å². The molecular formula is C18H22N2O. The second-order valence-corrected chi connectivity index (χ2v) is 5.22. The first-order valence-corrected chi connectivity index (χ1v) is 7.45. The highest BCUT2D eigenvalue weighted by atomic mass is 16.1. The minimum absolute atomic E-state index is 0.0673. The summed E-state index contributed by atoms with van der Waals surface area (Å²) in [7, 11) is 0. The number of aromatic nitrogens is 1. The number of pyridine rings is 1. The highest BCUT2D eigenvalue weighted by molar-refractivity contribution is 5.83. The number of hydrogen-bond acceptors (Lipinski definition) is 2. The van der Waals surface area contributed by atoms with Gasteiger partial charge in [0.15, 0.2) is 0 Å². The first kappa shape index (κ1) is 15.2. The molecule has 3 heteroatoms. The third-order valence-electron chi connectivity index (χ3n) is 3.61. The summed E-state index contributed by atoms with van der Waals surface area (Å²) < 4.78 is 0. The van der Waals surface area contributed by atoms with Gasteiger partial charge in [-0.1, -0.05) is 43.3 Å². The molecule has 3 nitrogen and oxygen atoms in total. The van der Waals surface area contributed by atoms with Crippen LogP contribution in [0.3, 0.4) is 0 Å². The van der Waals surface area contributed by atoms with Crippen molar-refractivity contribution in [2.24, 2.45) is 0 Å². The van der Waals surface area contributed by atoms with Gasteiger partial charge in [0.25, 0.3) is 0 Å². The molecule has 1 N–H and O–H groups in total. The maximum atomic E-state index is 12.3. The lowest BCUT2D eigenvalue weighted by Crippen LogP contribution is -2.30. The fraction of sp³-hybridized carbons (Fsp3) is 0.333. The second kappa shape index (κ2) is 7.58. The third kappa shape index (κ3) is 4.42. The van der Waals surface area contributed by atoms with Crippen LogP contribution in [0.5, 0.6) is 0 Å². The van der Waals surface area contributed by atoms with Crippen LogP contribution in [0.4, 0.5) is 0 Å². The van der Waals surface area contributed by atoms with E-state index in [9.17, 15) is 4.79 Å². The molecule has 2 aromatic rings. The molecule has 1 aromatic carbocycles. The van der Waals surface area contributed by atoms with E-state index in [-0.39, 0.29) is 11.8 Å². The van der Waals surface area contributed by atoms with Gasteiger partial charge < -0.3 is 5.32 Å². The van der Waals surface area contributed by atoms with E-state index in [1.54, 1.807) is 0 Å². The molecule has 0 fully saturated rings. The molecule has 2 rings (SSSR count). The van der Waals surface area contributed by atoms with Gasteiger partial charge in [-0.3, -0.25) is 9.78 Å². The predicted octanol–water partition coefficient (Wildman–Crippen LogP) is 3.24. The zero-order valence-electron chi connectivity index (χ0n) is 12.7. The molecule has 1 amide bonds. The zero-order valence-corrected chi connectivity index (χ0v) is 12.7. The largest absolute Gasteiger partial charge is 0.355 e. The van der Waals surface area contributed by atoms with Gasteiger partial charge in [-0.15, -0.1) is 0 Å². The summed E-state index contributed by atoms with van der Waals surface area (Å²) in [5.74, 6) is 0.0334. The van der Waals surface area contributed by atoms with E-state index in [0.29, 0.717) is 6.54 Å². The first-order valence-electron chi connectivity index (χ1n) is 7.45. The Morgan fingerprint density at radius 2 is 1.95 bits per heavy atom. The molecular weight excluding hydrogens is 260 g/mol. The van der Waals surface area contributed by atoms with E-state index in [0.717, 1.165) is 29.7 Å². The molecule has 1 atom stereocenters. The van der Waals surface area contributed by atoms with Crippen LogP contribution in [-0.2, 0) is 11.2 Å². The molecule has 0 aliphatic carbocycles. The van der Waals surface area contributed by atoms with E-state index < -0.39 is 0 Å². The van der Waals surface area contributed by atoms with Crippen molar-refractivity contribution in [1.29, 1.82) is 0 Å². The monoisotopic (exact) mass is 282 g/mol. The first-order chi connectivity index (χ1) is 10.2. The van der Waals surface area contributed by atoms with Crippen molar-refractivity contribution >= 4 is 5.91 Å². The molecule has 1 heterocycles. The fourth-order valence-electron chi connectivity index (χ4n) is 2.36. The summed E-state index contributed by atoms with van der Waals surface area (Å²) in [4.78, 5) is 16.6. The quantitative estimate of drug-likeness (QED) is 0.883. The number of rotatable bonds is 6. The Morgan fingerprint density at radius 3 is 2.57 bits per heavy atom. The van der Waals surface area contributed by atoms with Crippen LogP contribution in [-0.4, -0.2) is 17.4 Å². The van der Waals surface area contributed by atoms with Gasteiger partial charge in [-0.05, 0) is 37.0 Å². The maximum absolute atomic E-state index is 12.3. The molecule has 0 saturated carbocycles. The molecule has 0 saturated heterocycles. The van der Waals surface area contributed by atoms with Crippen LogP contribution in [0.1, 0.15) is 36.1 Å². The van der Waals surface area contributed by atoms with E-state index in [2.05, 4.69) is 16.4 Å². The Balaban J connectivity index is 1.87. The third-order valence-corrected chi connectivity index (χ3v) is 3.61.